The van der Waals surface area contributed by atoms with Crippen molar-refractivity contribution in [2.24, 2.45) is 5.92 Å². The molecule has 1 atom stereocenters. The lowest BCUT2D eigenvalue weighted by Crippen LogP contribution is -2.42. The number of benzene rings is 1. The van der Waals surface area contributed by atoms with Gasteiger partial charge in [0.2, 0.25) is 0 Å². The third-order valence-electron chi connectivity index (χ3n) is 4.22. The minimum atomic E-state index is -0.854. The van der Waals surface area contributed by atoms with E-state index in [0.29, 0.717) is 30.1 Å². The topological polar surface area (TPSA) is 75.4 Å². The molecule has 0 aliphatic carbocycles. The van der Waals surface area contributed by atoms with E-state index >= 15 is 0 Å². The van der Waals surface area contributed by atoms with Gasteiger partial charge in [-0.25, -0.2) is 4.68 Å². The number of hydrogen-bond acceptors (Lipinski definition) is 3. The summed E-state index contributed by atoms with van der Waals surface area (Å²) >= 11 is 6.01. The van der Waals surface area contributed by atoms with Gasteiger partial charge in [-0.2, -0.15) is 5.10 Å². The molecule has 0 bridgehead atoms. The fourth-order valence-electron chi connectivity index (χ4n) is 2.97. The van der Waals surface area contributed by atoms with Crippen molar-refractivity contribution in [2.45, 2.75) is 19.8 Å². The number of hydrogen-bond donors (Lipinski definition) is 1. The summed E-state index contributed by atoms with van der Waals surface area (Å²) in [6.07, 6.45) is 1.30. The number of amides is 1. The Morgan fingerprint density at radius 2 is 2.12 bits per heavy atom. The number of aliphatic carboxylic acids is 1. The quantitative estimate of drug-likeness (QED) is 0.926. The second-order valence-electron chi connectivity index (χ2n) is 5.99. The second-order valence-corrected chi connectivity index (χ2v) is 6.43. The molecule has 24 heavy (non-hydrogen) atoms. The Hall–Kier alpha value is -2.34. The summed E-state index contributed by atoms with van der Waals surface area (Å²) in [6, 6.07) is 8.95. The van der Waals surface area contributed by atoms with E-state index in [9.17, 15) is 9.59 Å². The maximum absolute atomic E-state index is 12.7. The van der Waals surface area contributed by atoms with Crippen LogP contribution in [-0.2, 0) is 4.79 Å². The van der Waals surface area contributed by atoms with Crippen molar-refractivity contribution in [1.82, 2.24) is 14.7 Å². The summed E-state index contributed by atoms with van der Waals surface area (Å²) in [5.41, 5.74) is 1.91. The van der Waals surface area contributed by atoms with E-state index in [-0.39, 0.29) is 12.5 Å². The van der Waals surface area contributed by atoms with Gasteiger partial charge in [0.25, 0.3) is 5.91 Å². The van der Waals surface area contributed by atoms with E-state index in [1.807, 2.05) is 19.1 Å². The molecule has 1 fully saturated rings. The molecule has 1 N–H and O–H groups in total. The summed E-state index contributed by atoms with van der Waals surface area (Å²) in [6.45, 7) is 2.66. The van der Waals surface area contributed by atoms with Crippen LogP contribution in [0.5, 0.6) is 0 Å². The molecule has 0 unspecified atom stereocenters. The van der Waals surface area contributed by atoms with E-state index in [1.54, 1.807) is 27.8 Å². The van der Waals surface area contributed by atoms with Gasteiger partial charge >= 0.3 is 5.97 Å². The predicted octanol–water partition coefficient (Wildman–Crippen LogP) is 2.77. The highest BCUT2D eigenvalue weighted by atomic mass is 35.5. The zero-order chi connectivity index (χ0) is 17.3. The molecule has 1 aliphatic rings. The fraction of sp³-hybridized carbons (Fsp3) is 0.353. The Kier molecular flexibility index (Phi) is 4.57. The molecule has 1 aromatic heterocycles. The van der Waals surface area contributed by atoms with Crippen LogP contribution in [0, 0.1) is 12.8 Å². The van der Waals surface area contributed by atoms with Gasteiger partial charge in [-0.15, -0.1) is 0 Å². The average molecular weight is 348 g/mol. The van der Waals surface area contributed by atoms with Crippen molar-refractivity contribution in [3.05, 3.63) is 46.7 Å². The summed E-state index contributed by atoms with van der Waals surface area (Å²) < 4.78 is 1.66. The maximum atomic E-state index is 12.7. The van der Waals surface area contributed by atoms with E-state index in [2.05, 4.69) is 5.10 Å². The normalized spacial score (nSPS) is 17.8. The molecule has 3 rings (SSSR count). The second kappa shape index (κ2) is 6.65. The van der Waals surface area contributed by atoms with Crippen LogP contribution in [0.2, 0.25) is 5.02 Å². The SMILES string of the molecule is Cc1cc(C(=O)N2CCC[C@H](C(=O)O)C2)nn1-c1cccc(Cl)c1. The standard InChI is InChI=1S/C17H18ClN3O3/c1-11-8-15(19-21(11)14-6-2-5-13(18)9-14)16(22)20-7-3-4-12(10-20)17(23)24/h2,5-6,8-9,12H,3-4,7,10H2,1H3,(H,23,24)/t12-/m0/s1. The Morgan fingerprint density at radius 3 is 2.83 bits per heavy atom. The van der Waals surface area contributed by atoms with E-state index in [1.165, 1.54) is 0 Å². The van der Waals surface area contributed by atoms with Crippen molar-refractivity contribution < 1.29 is 14.7 Å². The molecule has 0 radical (unpaired) electrons. The predicted molar refractivity (Wildman–Crippen MR) is 89.6 cm³/mol. The highest BCUT2D eigenvalue weighted by Crippen LogP contribution is 2.21. The summed E-state index contributed by atoms with van der Waals surface area (Å²) in [5, 5.41) is 14.1. The number of carbonyl (C=O) groups is 2. The lowest BCUT2D eigenvalue weighted by Gasteiger charge is -2.30. The lowest BCUT2D eigenvalue weighted by atomic mass is 9.98. The zero-order valence-electron chi connectivity index (χ0n) is 13.3. The van der Waals surface area contributed by atoms with Gasteiger partial charge in [0, 0.05) is 23.8 Å². The van der Waals surface area contributed by atoms with E-state index in [0.717, 1.165) is 11.4 Å². The summed E-state index contributed by atoms with van der Waals surface area (Å²) in [7, 11) is 0. The highest BCUT2D eigenvalue weighted by Gasteiger charge is 2.29. The minimum absolute atomic E-state index is 0.232. The Morgan fingerprint density at radius 1 is 1.33 bits per heavy atom. The molecule has 0 saturated carbocycles. The Balaban J connectivity index is 1.84. The Labute approximate surface area is 144 Å². The first kappa shape index (κ1) is 16.5. The Bertz CT molecular complexity index is 787. The monoisotopic (exact) mass is 347 g/mol. The van der Waals surface area contributed by atoms with Gasteiger partial charge in [0.1, 0.15) is 0 Å². The minimum Gasteiger partial charge on any atom is -0.481 e. The maximum Gasteiger partial charge on any atom is 0.308 e. The number of piperidine rings is 1. The molecule has 126 valence electrons. The van der Waals surface area contributed by atoms with Crippen LogP contribution in [0.15, 0.2) is 30.3 Å². The number of carboxylic acids is 1. The number of carboxylic acid groups (broad SMARTS) is 1. The molecular weight excluding hydrogens is 330 g/mol. The van der Waals surface area contributed by atoms with Crippen LogP contribution in [0.1, 0.15) is 29.0 Å². The first-order valence-corrected chi connectivity index (χ1v) is 8.18. The molecule has 7 heteroatoms. The molecule has 2 aromatic rings. The number of aromatic nitrogens is 2. The van der Waals surface area contributed by atoms with Crippen molar-refractivity contribution in [1.29, 1.82) is 0 Å². The number of rotatable bonds is 3. The van der Waals surface area contributed by atoms with Gasteiger partial charge in [0.15, 0.2) is 5.69 Å². The van der Waals surface area contributed by atoms with Crippen LogP contribution >= 0.6 is 11.6 Å². The highest BCUT2D eigenvalue weighted by molar-refractivity contribution is 6.30. The number of likely N-dealkylation sites (tertiary alicyclic amines) is 1. The number of nitrogens with zero attached hydrogens (tertiary/aromatic N) is 3. The molecule has 0 spiro atoms. The number of carbonyl (C=O) groups excluding carboxylic acids is 1. The van der Waals surface area contributed by atoms with Crippen LogP contribution in [0.3, 0.4) is 0 Å². The third kappa shape index (κ3) is 3.28. The van der Waals surface area contributed by atoms with Crippen molar-refractivity contribution >= 4 is 23.5 Å². The molecule has 1 amide bonds. The smallest absolute Gasteiger partial charge is 0.308 e. The van der Waals surface area contributed by atoms with Crippen LogP contribution in [0.4, 0.5) is 0 Å². The van der Waals surface area contributed by atoms with E-state index in [4.69, 9.17) is 16.7 Å². The van der Waals surface area contributed by atoms with E-state index < -0.39 is 11.9 Å². The third-order valence-corrected chi connectivity index (χ3v) is 4.45. The molecule has 1 aliphatic heterocycles. The molecular formula is C17H18ClN3O3. The molecule has 1 saturated heterocycles. The van der Waals surface area contributed by atoms with Gasteiger partial charge in [-0.1, -0.05) is 17.7 Å². The molecule has 6 nitrogen and oxygen atoms in total. The van der Waals surface area contributed by atoms with Crippen LogP contribution < -0.4 is 0 Å². The largest absolute Gasteiger partial charge is 0.481 e. The fourth-order valence-corrected chi connectivity index (χ4v) is 3.16. The summed E-state index contributed by atoms with van der Waals surface area (Å²) in [4.78, 5) is 25.4. The first-order valence-electron chi connectivity index (χ1n) is 7.80. The lowest BCUT2D eigenvalue weighted by molar-refractivity contribution is -0.143. The van der Waals surface area contributed by atoms with Crippen LogP contribution in [-0.4, -0.2) is 44.8 Å². The number of halogens is 1. The first-order chi connectivity index (χ1) is 11.5. The van der Waals surface area contributed by atoms with Gasteiger partial charge in [-0.05, 0) is 44.0 Å². The van der Waals surface area contributed by atoms with Crippen molar-refractivity contribution in [3.8, 4) is 5.69 Å². The zero-order valence-corrected chi connectivity index (χ0v) is 14.0. The van der Waals surface area contributed by atoms with Gasteiger partial charge in [-0.3, -0.25) is 9.59 Å². The van der Waals surface area contributed by atoms with Crippen molar-refractivity contribution in [3.63, 3.8) is 0 Å². The molecule has 2 heterocycles. The van der Waals surface area contributed by atoms with Gasteiger partial charge < -0.3 is 10.0 Å². The molecule has 1 aromatic carbocycles. The average Bonchev–Trinajstić information content (AvgIpc) is 2.96. The van der Waals surface area contributed by atoms with Crippen LogP contribution in [0.25, 0.3) is 5.69 Å². The van der Waals surface area contributed by atoms with Crippen molar-refractivity contribution in [2.75, 3.05) is 13.1 Å². The number of aryl methyl sites for hydroxylation is 1. The summed E-state index contributed by atoms with van der Waals surface area (Å²) in [5.74, 6) is -1.59. The van der Waals surface area contributed by atoms with Gasteiger partial charge in [0.05, 0.1) is 11.6 Å².